The van der Waals surface area contributed by atoms with Gasteiger partial charge in [0, 0.05) is 26.2 Å². The van der Waals surface area contributed by atoms with E-state index in [0.717, 1.165) is 36.7 Å². The summed E-state index contributed by atoms with van der Waals surface area (Å²) in [5.74, 6) is 1.05. The van der Waals surface area contributed by atoms with E-state index in [1.807, 2.05) is 11.7 Å². The van der Waals surface area contributed by atoms with Crippen LogP contribution < -0.4 is 10.6 Å². The predicted octanol–water partition coefficient (Wildman–Crippen LogP) is 1.34. The van der Waals surface area contributed by atoms with Crippen LogP contribution in [-0.2, 0) is 13.5 Å². The first-order valence-electron chi connectivity index (χ1n) is 6.65. The molecule has 1 aromatic rings. The molecule has 0 aromatic carbocycles. The summed E-state index contributed by atoms with van der Waals surface area (Å²) in [4.78, 5) is 4.52. The molecular weight excluding hydrogens is 226 g/mol. The third-order valence-corrected chi connectivity index (χ3v) is 3.24. The zero-order valence-corrected chi connectivity index (χ0v) is 12.6. The molecule has 0 spiro atoms. The average molecular weight is 253 g/mol. The third-order valence-electron chi connectivity index (χ3n) is 3.24. The Hall–Kier alpha value is -1.23. The quantitative estimate of drug-likeness (QED) is 0.831. The van der Waals surface area contributed by atoms with E-state index in [1.54, 1.807) is 0 Å². The Morgan fingerprint density at radius 2 is 1.94 bits per heavy atom. The molecule has 1 unspecified atom stereocenters. The standard InChI is InChI=1S/C13H27N5/c1-7-11-12(14)13(17(6)15-11)18(8-2)10(3)9-16(4)5/h10H,7-9,14H2,1-6H3. The number of rotatable bonds is 6. The summed E-state index contributed by atoms with van der Waals surface area (Å²) in [7, 11) is 6.15. The molecule has 0 radical (unpaired) electrons. The van der Waals surface area contributed by atoms with E-state index in [0.29, 0.717) is 6.04 Å². The minimum absolute atomic E-state index is 0.410. The van der Waals surface area contributed by atoms with Gasteiger partial charge in [0.25, 0.3) is 0 Å². The lowest BCUT2D eigenvalue weighted by Gasteiger charge is -2.32. The number of anilines is 2. The Morgan fingerprint density at radius 1 is 1.33 bits per heavy atom. The number of hydrogen-bond donors (Lipinski definition) is 1. The minimum atomic E-state index is 0.410. The second-order valence-corrected chi connectivity index (χ2v) is 5.06. The molecule has 1 heterocycles. The lowest BCUT2D eigenvalue weighted by Crippen LogP contribution is -2.41. The number of nitrogens with zero attached hydrogens (tertiary/aromatic N) is 4. The van der Waals surface area contributed by atoms with Crippen LogP contribution >= 0.6 is 0 Å². The van der Waals surface area contributed by atoms with Crippen molar-refractivity contribution in [1.82, 2.24) is 14.7 Å². The van der Waals surface area contributed by atoms with Gasteiger partial charge in [-0.3, -0.25) is 4.68 Å². The van der Waals surface area contributed by atoms with Gasteiger partial charge in [-0.2, -0.15) is 5.10 Å². The first-order valence-corrected chi connectivity index (χ1v) is 6.65. The third kappa shape index (κ3) is 2.96. The molecule has 5 nitrogen and oxygen atoms in total. The van der Waals surface area contributed by atoms with Crippen LogP contribution in [0, 0.1) is 0 Å². The van der Waals surface area contributed by atoms with Gasteiger partial charge in [0.2, 0.25) is 0 Å². The van der Waals surface area contributed by atoms with E-state index in [4.69, 9.17) is 5.73 Å². The molecule has 0 saturated heterocycles. The molecule has 1 aromatic heterocycles. The second kappa shape index (κ2) is 6.09. The van der Waals surface area contributed by atoms with Crippen LogP contribution in [0.1, 0.15) is 26.5 Å². The van der Waals surface area contributed by atoms with Gasteiger partial charge in [-0.1, -0.05) is 6.92 Å². The summed E-state index contributed by atoms with van der Waals surface area (Å²) in [5.41, 5.74) is 8.04. The number of nitrogen functional groups attached to an aromatic ring is 1. The maximum absolute atomic E-state index is 6.22. The zero-order chi connectivity index (χ0) is 13.9. The number of nitrogens with two attached hydrogens (primary N) is 1. The van der Waals surface area contributed by atoms with Gasteiger partial charge in [-0.25, -0.2) is 0 Å². The Labute approximate surface area is 111 Å². The zero-order valence-electron chi connectivity index (χ0n) is 12.6. The maximum Gasteiger partial charge on any atom is 0.150 e. The van der Waals surface area contributed by atoms with Gasteiger partial charge in [-0.05, 0) is 34.4 Å². The molecule has 0 aliphatic rings. The fourth-order valence-corrected chi connectivity index (χ4v) is 2.48. The van der Waals surface area contributed by atoms with Crippen molar-refractivity contribution in [3.8, 4) is 0 Å². The Morgan fingerprint density at radius 3 is 2.33 bits per heavy atom. The van der Waals surface area contributed by atoms with Gasteiger partial charge in [0.15, 0.2) is 5.82 Å². The second-order valence-electron chi connectivity index (χ2n) is 5.06. The Kier molecular flexibility index (Phi) is 5.02. The van der Waals surface area contributed by atoms with Gasteiger partial charge in [0.05, 0.1) is 11.4 Å². The predicted molar refractivity (Wildman–Crippen MR) is 78.0 cm³/mol. The van der Waals surface area contributed by atoms with Crippen LogP contribution in [0.15, 0.2) is 0 Å². The van der Waals surface area contributed by atoms with Gasteiger partial charge < -0.3 is 15.5 Å². The summed E-state index contributed by atoms with van der Waals surface area (Å²) in [5, 5.41) is 4.50. The number of aryl methyl sites for hydroxylation is 2. The highest BCUT2D eigenvalue weighted by atomic mass is 15.4. The summed E-state index contributed by atoms with van der Waals surface area (Å²) < 4.78 is 1.91. The van der Waals surface area contributed by atoms with Crippen molar-refractivity contribution < 1.29 is 0 Å². The van der Waals surface area contributed by atoms with Crippen LogP contribution in [0.3, 0.4) is 0 Å². The lowest BCUT2D eigenvalue weighted by atomic mass is 10.2. The van der Waals surface area contributed by atoms with Crippen molar-refractivity contribution >= 4 is 11.5 Å². The fraction of sp³-hybridized carbons (Fsp3) is 0.769. The fourth-order valence-electron chi connectivity index (χ4n) is 2.48. The summed E-state index contributed by atoms with van der Waals surface area (Å²) in [6.45, 7) is 8.40. The molecule has 18 heavy (non-hydrogen) atoms. The normalized spacial score (nSPS) is 13.1. The maximum atomic E-state index is 6.22. The van der Waals surface area contributed by atoms with Crippen molar-refractivity contribution in [2.45, 2.75) is 33.2 Å². The topological polar surface area (TPSA) is 50.3 Å². The SMILES string of the molecule is CCc1nn(C)c(N(CC)C(C)CN(C)C)c1N. The molecule has 0 amide bonds. The van der Waals surface area contributed by atoms with Crippen LogP contribution in [0.25, 0.3) is 0 Å². The van der Waals surface area contributed by atoms with Crippen molar-refractivity contribution in [1.29, 1.82) is 0 Å². The smallest absolute Gasteiger partial charge is 0.150 e. The minimum Gasteiger partial charge on any atom is -0.394 e. The van der Waals surface area contributed by atoms with E-state index < -0.39 is 0 Å². The summed E-state index contributed by atoms with van der Waals surface area (Å²) in [6, 6.07) is 0.410. The summed E-state index contributed by atoms with van der Waals surface area (Å²) in [6.07, 6.45) is 0.874. The average Bonchev–Trinajstić information content (AvgIpc) is 2.56. The molecule has 0 saturated carbocycles. The van der Waals surface area contributed by atoms with E-state index in [9.17, 15) is 0 Å². The highest BCUT2D eigenvalue weighted by Gasteiger charge is 2.21. The van der Waals surface area contributed by atoms with Crippen molar-refractivity contribution in [2.24, 2.45) is 7.05 Å². The van der Waals surface area contributed by atoms with Crippen LogP contribution in [0.5, 0.6) is 0 Å². The van der Waals surface area contributed by atoms with E-state index in [1.165, 1.54) is 0 Å². The monoisotopic (exact) mass is 253 g/mol. The molecule has 1 atom stereocenters. The van der Waals surface area contributed by atoms with Crippen LogP contribution in [-0.4, -0.2) is 47.9 Å². The first kappa shape index (κ1) is 14.8. The van der Waals surface area contributed by atoms with Crippen LogP contribution in [0.2, 0.25) is 0 Å². The molecule has 1 rings (SSSR count). The van der Waals surface area contributed by atoms with Crippen LogP contribution in [0.4, 0.5) is 11.5 Å². The molecule has 0 bridgehead atoms. The largest absolute Gasteiger partial charge is 0.394 e. The molecule has 0 fully saturated rings. The number of likely N-dealkylation sites (N-methyl/N-ethyl adjacent to an activating group) is 2. The molecule has 0 aliphatic carbocycles. The number of hydrogen-bond acceptors (Lipinski definition) is 4. The highest BCUT2D eigenvalue weighted by molar-refractivity contribution is 5.66. The van der Waals surface area contributed by atoms with Gasteiger partial charge >= 0.3 is 0 Å². The number of aromatic nitrogens is 2. The summed E-state index contributed by atoms with van der Waals surface area (Å²) >= 11 is 0. The van der Waals surface area contributed by atoms with Gasteiger partial charge in [0.1, 0.15) is 0 Å². The molecular formula is C13H27N5. The Bertz CT molecular complexity index is 383. The molecule has 2 N–H and O–H groups in total. The van der Waals surface area contributed by atoms with Gasteiger partial charge in [-0.15, -0.1) is 0 Å². The van der Waals surface area contributed by atoms with E-state index in [-0.39, 0.29) is 0 Å². The van der Waals surface area contributed by atoms with Crippen molar-refractivity contribution in [3.05, 3.63) is 5.69 Å². The molecule has 0 aliphatic heterocycles. The Balaban J connectivity index is 3.05. The molecule has 104 valence electrons. The molecule has 5 heteroatoms. The highest BCUT2D eigenvalue weighted by Crippen LogP contribution is 2.27. The lowest BCUT2D eigenvalue weighted by molar-refractivity contribution is 0.371. The van der Waals surface area contributed by atoms with Crippen molar-refractivity contribution in [3.63, 3.8) is 0 Å². The van der Waals surface area contributed by atoms with E-state index >= 15 is 0 Å². The van der Waals surface area contributed by atoms with E-state index in [2.05, 4.69) is 49.8 Å². The van der Waals surface area contributed by atoms with Crippen molar-refractivity contribution in [2.75, 3.05) is 37.8 Å². The first-order chi connectivity index (χ1) is 8.42.